The molecule has 1 N–H and O–H groups in total. The van der Waals surface area contributed by atoms with E-state index in [-0.39, 0.29) is 16.3 Å². The Balaban J connectivity index is 1.82. The zero-order valence-electron chi connectivity index (χ0n) is 13.2. The van der Waals surface area contributed by atoms with E-state index in [1.54, 1.807) is 0 Å². The molecule has 0 saturated carbocycles. The van der Waals surface area contributed by atoms with Gasteiger partial charge in [0.2, 0.25) is 10.0 Å². The summed E-state index contributed by atoms with van der Waals surface area (Å²) in [6.07, 6.45) is 1.40. The molecule has 1 fully saturated rings. The molecule has 1 aliphatic rings. The van der Waals surface area contributed by atoms with Crippen molar-refractivity contribution in [3.8, 4) is 0 Å². The van der Waals surface area contributed by atoms with Crippen LogP contribution in [0.4, 0.5) is 15.8 Å². The van der Waals surface area contributed by atoms with Crippen molar-refractivity contribution in [1.29, 1.82) is 0 Å². The quantitative estimate of drug-likeness (QED) is 0.878. The maximum atomic E-state index is 12.9. The van der Waals surface area contributed by atoms with Crippen LogP contribution in [-0.4, -0.2) is 29.1 Å². The normalized spacial score (nSPS) is 17.2. The van der Waals surface area contributed by atoms with Crippen molar-refractivity contribution in [2.24, 2.45) is 0 Å². The molecule has 3 rings (SSSR count). The fourth-order valence-corrected chi connectivity index (χ4v) is 5.30. The van der Waals surface area contributed by atoms with Gasteiger partial charge in [0, 0.05) is 12.2 Å². The second-order valence-electron chi connectivity index (χ2n) is 5.70. The average Bonchev–Trinajstić information content (AvgIpc) is 2.57. The number of nitrogens with one attached hydrogen (secondary N) is 1. The summed E-state index contributed by atoms with van der Waals surface area (Å²) in [5.74, 6) is -0.367. The molecule has 2 aromatic carbocycles. The number of rotatable bonds is 4. The zero-order chi connectivity index (χ0) is 18.1. The summed E-state index contributed by atoms with van der Waals surface area (Å²) in [6, 6.07) is 10.6. The Morgan fingerprint density at radius 2 is 1.60 bits per heavy atom. The average molecular weight is 384 g/mol. The minimum absolute atomic E-state index is 0.00465. The first-order valence-corrected chi connectivity index (χ1v) is 10.8. The van der Waals surface area contributed by atoms with Gasteiger partial charge in [0.25, 0.3) is 10.0 Å². The lowest BCUT2D eigenvalue weighted by molar-refractivity contribution is 0.574. The van der Waals surface area contributed by atoms with E-state index >= 15 is 0 Å². The van der Waals surface area contributed by atoms with Gasteiger partial charge in [-0.25, -0.2) is 21.2 Å². The standard InChI is InChI=1S/C16H17FN2O4S2/c17-13-3-5-14(6-4-13)18-25(22,23)16-9-7-15(8-10-16)19-11-1-2-12-24(19,20)21/h3-10,18H,1-2,11-12H2. The van der Waals surface area contributed by atoms with Crippen LogP contribution in [-0.2, 0) is 20.0 Å². The summed E-state index contributed by atoms with van der Waals surface area (Å²) in [6.45, 7) is 0.391. The number of hydrogen-bond donors (Lipinski definition) is 1. The summed E-state index contributed by atoms with van der Waals surface area (Å²) in [7, 11) is -7.19. The lowest BCUT2D eigenvalue weighted by Gasteiger charge is -2.28. The molecule has 0 atom stereocenters. The van der Waals surface area contributed by atoms with Crippen LogP contribution >= 0.6 is 0 Å². The van der Waals surface area contributed by atoms with Crippen LogP contribution < -0.4 is 9.03 Å². The molecule has 0 aromatic heterocycles. The van der Waals surface area contributed by atoms with Gasteiger partial charge in [-0.2, -0.15) is 0 Å². The van der Waals surface area contributed by atoms with Crippen molar-refractivity contribution < 1.29 is 21.2 Å². The van der Waals surface area contributed by atoms with Gasteiger partial charge in [0.15, 0.2) is 0 Å². The van der Waals surface area contributed by atoms with Crippen molar-refractivity contribution in [3.63, 3.8) is 0 Å². The van der Waals surface area contributed by atoms with Crippen molar-refractivity contribution >= 4 is 31.4 Å². The topological polar surface area (TPSA) is 83.6 Å². The summed E-state index contributed by atoms with van der Waals surface area (Å²) in [5.41, 5.74) is 0.685. The highest BCUT2D eigenvalue weighted by molar-refractivity contribution is 7.93. The summed E-state index contributed by atoms with van der Waals surface area (Å²) >= 11 is 0. The molecule has 0 bridgehead atoms. The van der Waals surface area contributed by atoms with Gasteiger partial charge < -0.3 is 0 Å². The van der Waals surface area contributed by atoms with Crippen molar-refractivity contribution in [1.82, 2.24) is 0 Å². The number of sulfonamides is 2. The number of hydrogen-bond acceptors (Lipinski definition) is 4. The number of halogens is 1. The molecule has 1 saturated heterocycles. The molecule has 6 nitrogen and oxygen atoms in total. The van der Waals surface area contributed by atoms with Gasteiger partial charge in [-0.15, -0.1) is 0 Å². The van der Waals surface area contributed by atoms with Gasteiger partial charge in [-0.05, 0) is 61.4 Å². The maximum Gasteiger partial charge on any atom is 0.261 e. The third kappa shape index (κ3) is 3.93. The predicted octanol–water partition coefficient (Wildman–Crippen LogP) is 2.56. The van der Waals surface area contributed by atoms with E-state index in [1.165, 1.54) is 40.7 Å². The van der Waals surface area contributed by atoms with Crippen LogP contribution in [0.5, 0.6) is 0 Å². The molecular weight excluding hydrogens is 367 g/mol. The lowest BCUT2D eigenvalue weighted by Crippen LogP contribution is -2.37. The van der Waals surface area contributed by atoms with E-state index in [2.05, 4.69) is 4.72 Å². The van der Waals surface area contributed by atoms with Crippen LogP contribution in [0.3, 0.4) is 0 Å². The Morgan fingerprint density at radius 1 is 0.960 bits per heavy atom. The molecule has 2 aromatic rings. The molecule has 0 radical (unpaired) electrons. The molecule has 1 heterocycles. The van der Waals surface area contributed by atoms with E-state index in [1.807, 2.05) is 0 Å². The predicted molar refractivity (Wildman–Crippen MR) is 94.0 cm³/mol. The van der Waals surface area contributed by atoms with E-state index in [0.29, 0.717) is 18.7 Å². The van der Waals surface area contributed by atoms with Crippen molar-refractivity contribution in [3.05, 3.63) is 54.3 Å². The molecule has 0 amide bonds. The summed E-state index contributed by atoms with van der Waals surface area (Å²) in [4.78, 5) is -0.00465. The van der Waals surface area contributed by atoms with Crippen LogP contribution in [0.25, 0.3) is 0 Å². The molecule has 9 heteroatoms. The van der Waals surface area contributed by atoms with Gasteiger partial charge >= 0.3 is 0 Å². The summed E-state index contributed by atoms with van der Waals surface area (Å²) in [5, 5.41) is 0. The largest absolute Gasteiger partial charge is 0.280 e. The second-order valence-corrected chi connectivity index (χ2v) is 9.40. The van der Waals surface area contributed by atoms with Gasteiger partial charge in [0.1, 0.15) is 5.82 Å². The number of anilines is 2. The smallest absolute Gasteiger partial charge is 0.261 e. The zero-order valence-corrected chi connectivity index (χ0v) is 14.9. The molecule has 0 spiro atoms. The van der Waals surface area contributed by atoms with Crippen LogP contribution in [0, 0.1) is 5.82 Å². The third-order valence-corrected chi connectivity index (χ3v) is 7.15. The first-order chi connectivity index (χ1) is 11.8. The highest BCUT2D eigenvalue weighted by atomic mass is 32.2. The monoisotopic (exact) mass is 384 g/mol. The fourth-order valence-electron chi connectivity index (χ4n) is 2.60. The third-order valence-electron chi connectivity index (χ3n) is 3.88. The van der Waals surface area contributed by atoms with Gasteiger partial charge in [-0.1, -0.05) is 0 Å². The molecule has 0 unspecified atom stereocenters. The Bertz CT molecular complexity index is 956. The maximum absolute atomic E-state index is 12.9. The highest BCUT2D eigenvalue weighted by Crippen LogP contribution is 2.25. The van der Waals surface area contributed by atoms with Crippen molar-refractivity contribution in [2.75, 3.05) is 21.3 Å². The SMILES string of the molecule is O=S(=O)(Nc1ccc(F)cc1)c1ccc(N2CCCCS2(=O)=O)cc1. The van der Waals surface area contributed by atoms with Crippen LogP contribution in [0.1, 0.15) is 12.8 Å². The highest BCUT2D eigenvalue weighted by Gasteiger charge is 2.26. The molecular formula is C16H17FN2O4S2. The summed E-state index contributed by atoms with van der Waals surface area (Å²) < 4.78 is 65.5. The van der Waals surface area contributed by atoms with E-state index < -0.39 is 25.9 Å². The van der Waals surface area contributed by atoms with Crippen LogP contribution in [0.15, 0.2) is 53.4 Å². The van der Waals surface area contributed by atoms with E-state index in [9.17, 15) is 21.2 Å². The fraction of sp³-hybridized carbons (Fsp3) is 0.250. The lowest BCUT2D eigenvalue weighted by atomic mass is 10.3. The number of nitrogens with zero attached hydrogens (tertiary/aromatic N) is 1. The minimum atomic E-state index is -3.84. The van der Waals surface area contributed by atoms with E-state index in [4.69, 9.17) is 0 Å². The number of benzene rings is 2. The van der Waals surface area contributed by atoms with Gasteiger partial charge in [-0.3, -0.25) is 9.03 Å². The first kappa shape index (κ1) is 17.7. The Morgan fingerprint density at radius 3 is 2.20 bits per heavy atom. The minimum Gasteiger partial charge on any atom is -0.280 e. The Hall–Kier alpha value is -2.13. The molecule has 0 aliphatic carbocycles. The molecule has 1 aliphatic heterocycles. The Labute approximate surface area is 146 Å². The second kappa shape index (κ2) is 6.64. The Kier molecular flexibility index (Phi) is 4.70. The van der Waals surface area contributed by atoms with Gasteiger partial charge in [0.05, 0.1) is 16.3 Å². The van der Waals surface area contributed by atoms with E-state index in [0.717, 1.165) is 18.6 Å². The molecule has 134 valence electrons. The van der Waals surface area contributed by atoms with Crippen molar-refractivity contribution in [2.45, 2.75) is 17.7 Å². The van der Waals surface area contributed by atoms with Crippen LogP contribution in [0.2, 0.25) is 0 Å². The molecule has 25 heavy (non-hydrogen) atoms. The first-order valence-electron chi connectivity index (χ1n) is 7.67.